The van der Waals surface area contributed by atoms with Gasteiger partial charge in [-0.3, -0.25) is 0 Å². The minimum atomic E-state index is -1.21. The van der Waals surface area contributed by atoms with Crippen molar-refractivity contribution >= 4 is 18.6 Å². The van der Waals surface area contributed by atoms with Crippen LogP contribution in [0.15, 0.2) is 24.3 Å². The third-order valence-electron chi connectivity index (χ3n) is 5.47. The van der Waals surface area contributed by atoms with E-state index >= 15 is 0 Å². The predicted octanol–water partition coefficient (Wildman–Crippen LogP) is 3.53. The monoisotopic (exact) mass is 389 g/mol. The Morgan fingerprint density at radius 1 is 1.07 bits per heavy atom. The molecule has 1 fully saturated rings. The summed E-state index contributed by atoms with van der Waals surface area (Å²) < 4.78 is 17.7. The van der Waals surface area contributed by atoms with Gasteiger partial charge in [-0.25, -0.2) is 4.79 Å². The molecule has 1 unspecified atom stereocenters. The molecule has 1 aliphatic rings. The molecule has 0 radical (unpaired) electrons. The molecule has 156 valence electrons. The first-order valence-corrected chi connectivity index (χ1v) is 10.0. The van der Waals surface area contributed by atoms with Gasteiger partial charge < -0.3 is 19.8 Å². The molecule has 1 aromatic rings. The van der Waals surface area contributed by atoms with Gasteiger partial charge in [-0.1, -0.05) is 45.0 Å². The van der Waals surface area contributed by atoms with Gasteiger partial charge in [0.25, 0.3) is 0 Å². The Bertz CT molecular complexity index is 690. The van der Waals surface area contributed by atoms with Gasteiger partial charge >= 0.3 is 13.1 Å². The Morgan fingerprint density at radius 3 is 1.93 bits per heavy atom. The largest absolute Gasteiger partial charge is 0.494 e. The van der Waals surface area contributed by atoms with E-state index in [0.717, 1.165) is 11.0 Å². The van der Waals surface area contributed by atoms with Crippen LogP contribution in [0.3, 0.4) is 0 Å². The van der Waals surface area contributed by atoms with Gasteiger partial charge in [-0.15, -0.1) is 0 Å². The SMILES string of the molecule is CC(C)OC(=O)C(N)(CC(C)(C)C)c1ccc(B2OC(C)(C)C(C)(C)O2)cc1. The Morgan fingerprint density at radius 2 is 1.54 bits per heavy atom. The Hall–Kier alpha value is -1.37. The van der Waals surface area contributed by atoms with Crippen molar-refractivity contribution in [2.75, 3.05) is 0 Å². The van der Waals surface area contributed by atoms with Gasteiger partial charge in [0, 0.05) is 0 Å². The predicted molar refractivity (Wildman–Crippen MR) is 113 cm³/mol. The van der Waals surface area contributed by atoms with E-state index in [4.69, 9.17) is 19.8 Å². The normalized spacial score (nSPS) is 20.9. The fourth-order valence-corrected chi connectivity index (χ4v) is 3.36. The van der Waals surface area contributed by atoms with E-state index in [2.05, 4.69) is 20.8 Å². The molecule has 2 rings (SSSR count). The molecule has 0 amide bonds. The van der Waals surface area contributed by atoms with E-state index in [-0.39, 0.29) is 11.5 Å². The minimum Gasteiger partial charge on any atom is -0.461 e. The van der Waals surface area contributed by atoms with Crippen molar-refractivity contribution in [3.8, 4) is 0 Å². The molecule has 1 aromatic carbocycles. The lowest BCUT2D eigenvalue weighted by molar-refractivity contribution is -0.156. The van der Waals surface area contributed by atoms with E-state index < -0.39 is 29.8 Å². The van der Waals surface area contributed by atoms with Crippen LogP contribution in [-0.2, 0) is 24.4 Å². The third-order valence-corrected chi connectivity index (χ3v) is 5.47. The second kappa shape index (κ2) is 7.47. The summed E-state index contributed by atoms with van der Waals surface area (Å²) in [6, 6.07) is 7.61. The number of benzene rings is 1. The second-order valence-electron chi connectivity index (χ2n) is 10.4. The zero-order valence-corrected chi connectivity index (χ0v) is 18.9. The Labute approximate surface area is 170 Å². The molecule has 28 heavy (non-hydrogen) atoms. The standard InChI is InChI=1S/C22H36BNO4/c1-15(2)26-18(25)22(24,14-19(3,4)5)16-10-12-17(13-11-16)23-27-20(6,7)21(8,9)28-23/h10-13,15H,14,24H2,1-9H3. The summed E-state index contributed by atoms with van der Waals surface area (Å²) in [7, 11) is -0.448. The highest BCUT2D eigenvalue weighted by atomic mass is 16.7. The minimum absolute atomic E-state index is 0.144. The quantitative estimate of drug-likeness (QED) is 0.616. The van der Waals surface area contributed by atoms with E-state index in [1.165, 1.54) is 0 Å². The van der Waals surface area contributed by atoms with Crippen LogP contribution in [-0.4, -0.2) is 30.4 Å². The molecule has 6 heteroatoms. The third kappa shape index (κ3) is 4.78. The van der Waals surface area contributed by atoms with Gasteiger partial charge in [0.05, 0.1) is 17.3 Å². The van der Waals surface area contributed by atoms with Crippen LogP contribution < -0.4 is 11.2 Å². The molecule has 0 spiro atoms. The van der Waals surface area contributed by atoms with Crippen LogP contribution in [0.2, 0.25) is 0 Å². The number of ether oxygens (including phenoxy) is 1. The number of hydrogen-bond acceptors (Lipinski definition) is 5. The molecule has 0 aliphatic carbocycles. The first-order chi connectivity index (χ1) is 12.6. The molecule has 0 aromatic heterocycles. The summed E-state index contributed by atoms with van der Waals surface area (Å²) in [5, 5.41) is 0. The van der Waals surface area contributed by atoms with Gasteiger partial charge in [-0.2, -0.15) is 0 Å². The number of nitrogens with two attached hydrogens (primary N) is 1. The highest BCUT2D eigenvalue weighted by molar-refractivity contribution is 6.62. The molecular weight excluding hydrogens is 353 g/mol. The van der Waals surface area contributed by atoms with Crippen molar-refractivity contribution in [3.63, 3.8) is 0 Å². The number of rotatable bonds is 5. The van der Waals surface area contributed by atoms with E-state index in [0.29, 0.717) is 6.42 Å². The molecule has 1 heterocycles. The van der Waals surface area contributed by atoms with Crippen LogP contribution in [0, 0.1) is 5.41 Å². The van der Waals surface area contributed by atoms with Crippen LogP contribution in [0.4, 0.5) is 0 Å². The summed E-state index contributed by atoms with van der Waals surface area (Å²) in [4.78, 5) is 12.9. The number of carbonyl (C=O) groups excluding carboxylic acids is 1. The number of hydrogen-bond donors (Lipinski definition) is 1. The fraction of sp³-hybridized carbons (Fsp3) is 0.682. The topological polar surface area (TPSA) is 70.8 Å². The first kappa shape index (κ1) is 22.9. The van der Waals surface area contributed by atoms with E-state index in [1.54, 1.807) is 0 Å². The van der Waals surface area contributed by atoms with Crippen molar-refractivity contribution in [1.82, 2.24) is 0 Å². The molecular formula is C22H36BNO4. The summed E-state index contributed by atoms with van der Waals surface area (Å²) in [6.45, 7) is 18.0. The second-order valence-corrected chi connectivity index (χ2v) is 10.4. The van der Waals surface area contributed by atoms with Crippen LogP contribution in [0.1, 0.15) is 74.3 Å². The van der Waals surface area contributed by atoms with Gasteiger partial charge in [-0.05, 0) is 64.4 Å². The van der Waals surface area contributed by atoms with Crippen molar-refractivity contribution in [3.05, 3.63) is 29.8 Å². The zero-order valence-electron chi connectivity index (χ0n) is 18.9. The summed E-state index contributed by atoms with van der Waals surface area (Å²) in [5.74, 6) is -0.402. The van der Waals surface area contributed by atoms with Gasteiger partial charge in [0.15, 0.2) is 0 Å². The fourth-order valence-electron chi connectivity index (χ4n) is 3.36. The Balaban J connectivity index is 2.33. The lowest BCUT2D eigenvalue weighted by Crippen LogP contribution is -2.49. The average Bonchev–Trinajstić information content (AvgIpc) is 2.73. The maximum absolute atomic E-state index is 12.9. The van der Waals surface area contributed by atoms with Crippen molar-refractivity contribution in [1.29, 1.82) is 0 Å². The van der Waals surface area contributed by atoms with Crippen LogP contribution in [0.25, 0.3) is 0 Å². The molecule has 1 atom stereocenters. The maximum atomic E-state index is 12.9. The molecule has 5 nitrogen and oxygen atoms in total. The summed E-state index contributed by atoms with van der Waals surface area (Å²) in [6.07, 6.45) is 0.251. The van der Waals surface area contributed by atoms with Crippen molar-refractivity contribution < 1.29 is 18.8 Å². The molecule has 0 saturated carbocycles. The highest BCUT2D eigenvalue weighted by Crippen LogP contribution is 2.37. The summed E-state index contributed by atoms with van der Waals surface area (Å²) >= 11 is 0. The lowest BCUT2D eigenvalue weighted by Gasteiger charge is -2.34. The lowest BCUT2D eigenvalue weighted by atomic mass is 9.74. The van der Waals surface area contributed by atoms with Gasteiger partial charge in [0.1, 0.15) is 5.54 Å². The zero-order chi connectivity index (χ0) is 21.5. The van der Waals surface area contributed by atoms with Crippen LogP contribution in [0.5, 0.6) is 0 Å². The molecule has 2 N–H and O–H groups in total. The van der Waals surface area contributed by atoms with Crippen molar-refractivity contribution in [2.24, 2.45) is 11.1 Å². The smallest absolute Gasteiger partial charge is 0.461 e. The first-order valence-electron chi connectivity index (χ1n) is 10.0. The number of esters is 1. The average molecular weight is 389 g/mol. The molecule has 1 aliphatic heterocycles. The Kier molecular flexibility index (Phi) is 6.11. The van der Waals surface area contributed by atoms with E-state index in [9.17, 15) is 4.79 Å². The summed E-state index contributed by atoms with van der Waals surface area (Å²) in [5.41, 5.74) is 6.12. The maximum Gasteiger partial charge on any atom is 0.494 e. The van der Waals surface area contributed by atoms with Crippen molar-refractivity contribution in [2.45, 2.75) is 91.6 Å². The van der Waals surface area contributed by atoms with Gasteiger partial charge in [0.2, 0.25) is 0 Å². The highest BCUT2D eigenvalue weighted by Gasteiger charge is 2.51. The van der Waals surface area contributed by atoms with E-state index in [1.807, 2.05) is 65.8 Å². The molecule has 1 saturated heterocycles. The number of carbonyl (C=O) groups is 1. The molecule has 0 bridgehead atoms. The van der Waals surface area contributed by atoms with Crippen LogP contribution >= 0.6 is 0 Å².